The van der Waals surface area contributed by atoms with Crippen LogP contribution in [0.15, 0.2) is 24.5 Å². The average molecular weight is 287 g/mol. The zero-order chi connectivity index (χ0) is 15.2. The summed E-state index contributed by atoms with van der Waals surface area (Å²) in [6.45, 7) is 8.04. The van der Waals surface area contributed by atoms with Gasteiger partial charge in [-0.15, -0.1) is 0 Å². The van der Waals surface area contributed by atoms with Crippen molar-refractivity contribution in [3.63, 3.8) is 0 Å². The van der Waals surface area contributed by atoms with E-state index in [1.165, 1.54) is 0 Å². The molecule has 112 valence electrons. The van der Waals surface area contributed by atoms with E-state index >= 15 is 0 Å². The number of hydrogen-bond acceptors (Lipinski definition) is 4. The molecule has 0 atom stereocenters. The Hall–Kier alpha value is -2.37. The third-order valence-corrected chi connectivity index (χ3v) is 3.39. The zero-order valence-electron chi connectivity index (χ0n) is 12.7. The highest BCUT2D eigenvalue weighted by molar-refractivity contribution is 5.95. The Balaban J connectivity index is 1.85. The summed E-state index contributed by atoms with van der Waals surface area (Å²) in [6.07, 6.45) is 3.35. The van der Waals surface area contributed by atoms with Crippen LogP contribution in [0, 0.1) is 13.8 Å². The minimum Gasteiger partial charge on any atom is -0.352 e. The van der Waals surface area contributed by atoms with Gasteiger partial charge in [0.15, 0.2) is 0 Å². The molecule has 0 radical (unpaired) electrons. The van der Waals surface area contributed by atoms with Crippen molar-refractivity contribution in [3.05, 3.63) is 41.5 Å². The lowest BCUT2D eigenvalue weighted by Gasteiger charge is -2.08. The fourth-order valence-corrected chi connectivity index (χ4v) is 2.35. The Labute approximate surface area is 124 Å². The lowest BCUT2D eigenvalue weighted by Crippen LogP contribution is -2.29. The molecule has 2 aromatic rings. The van der Waals surface area contributed by atoms with Crippen LogP contribution >= 0.6 is 0 Å². The highest BCUT2D eigenvalue weighted by atomic mass is 16.1. The van der Waals surface area contributed by atoms with Crippen molar-refractivity contribution in [1.82, 2.24) is 19.9 Å². The molecule has 1 amide bonds. The first kappa shape index (κ1) is 15.0. The first-order valence-corrected chi connectivity index (χ1v) is 7.09. The topological polar surface area (TPSA) is 71.8 Å². The van der Waals surface area contributed by atoms with Crippen molar-refractivity contribution >= 4 is 11.9 Å². The maximum absolute atomic E-state index is 12.2. The number of nitrogens with one attached hydrogen (secondary N) is 2. The molecule has 0 fully saturated rings. The van der Waals surface area contributed by atoms with Crippen LogP contribution in [0.3, 0.4) is 0 Å². The molecule has 0 aliphatic rings. The summed E-state index contributed by atoms with van der Waals surface area (Å²) in [5.74, 6) is 0.523. The van der Waals surface area contributed by atoms with Crippen LogP contribution in [0.2, 0.25) is 0 Å². The minimum atomic E-state index is -0.0430. The van der Waals surface area contributed by atoms with Gasteiger partial charge in [-0.25, -0.2) is 9.97 Å². The molecule has 0 aliphatic heterocycles. The van der Waals surface area contributed by atoms with Crippen LogP contribution in [-0.2, 0) is 6.54 Å². The summed E-state index contributed by atoms with van der Waals surface area (Å²) in [6, 6.07) is 3.69. The predicted molar refractivity (Wildman–Crippen MR) is 82.4 cm³/mol. The largest absolute Gasteiger partial charge is 0.352 e. The summed E-state index contributed by atoms with van der Waals surface area (Å²) in [4.78, 5) is 20.3. The highest BCUT2D eigenvalue weighted by Crippen LogP contribution is 2.14. The van der Waals surface area contributed by atoms with E-state index in [2.05, 4.69) is 32.1 Å². The minimum absolute atomic E-state index is 0.0430. The van der Waals surface area contributed by atoms with Crippen molar-refractivity contribution in [1.29, 1.82) is 0 Å². The van der Waals surface area contributed by atoms with E-state index in [1.807, 2.05) is 19.9 Å². The summed E-state index contributed by atoms with van der Waals surface area (Å²) in [5, 5.41) is 5.96. The third-order valence-electron chi connectivity index (χ3n) is 3.39. The Morgan fingerprint density at radius 3 is 2.57 bits per heavy atom. The molecular weight excluding hydrogens is 266 g/mol. The number of rotatable bonds is 6. The molecule has 21 heavy (non-hydrogen) atoms. The maximum Gasteiger partial charge on any atom is 0.253 e. The van der Waals surface area contributed by atoms with Crippen LogP contribution in [-0.4, -0.2) is 33.5 Å². The summed E-state index contributed by atoms with van der Waals surface area (Å²) < 4.78 is 2.13. The molecule has 0 aliphatic carbocycles. The second-order valence-corrected chi connectivity index (χ2v) is 4.78. The average Bonchev–Trinajstić information content (AvgIpc) is 2.79. The monoisotopic (exact) mass is 287 g/mol. The normalized spacial score (nSPS) is 10.4. The van der Waals surface area contributed by atoms with Gasteiger partial charge < -0.3 is 15.2 Å². The number of carbonyl (C=O) groups excluding carboxylic acids is 1. The summed E-state index contributed by atoms with van der Waals surface area (Å²) in [7, 11) is 0. The SMILES string of the molecule is CCn1c(C)cc(C(=O)NCCNc2ncccn2)c1C. The van der Waals surface area contributed by atoms with Gasteiger partial charge in [-0.3, -0.25) is 4.79 Å². The van der Waals surface area contributed by atoms with E-state index in [9.17, 15) is 4.79 Å². The molecular formula is C15H21N5O. The zero-order valence-corrected chi connectivity index (χ0v) is 12.7. The number of hydrogen-bond donors (Lipinski definition) is 2. The van der Waals surface area contributed by atoms with Gasteiger partial charge in [0.2, 0.25) is 5.95 Å². The number of carbonyl (C=O) groups is 1. The van der Waals surface area contributed by atoms with Gasteiger partial charge >= 0.3 is 0 Å². The van der Waals surface area contributed by atoms with Crippen molar-refractivity contribution in [2.75, 3.05) is 18.4 Å². The molecule has 2 heterocycles. The summed E-state index contributed by atoms with van der Waals surface area (Å²) in [5.41, 5.74) is 2.85. The van der Waals surface area contributed by atoms with Crippen LogP contribution < -0.4 is 10.6 Å². The van der Waals surface area contributed by atoms with E-state index in [0.29, 0.717) is 19.0 Å². The maximum atomic E-state index is 12.2. The van der Waals surface area contributed by atoms with E-state index in [-0.39, 0.29) is 5.91 Å². The number of aromatic nitrogens is 3. The van der Waals surface area contributed by atoms with Crippen molar-refractivity contribution < 1.29 is 4.79 Å². The fourth-order valence-electron chi connectivity index (χ4n) is 2.35. The first-order valence-electron chi connectivity index (χ1n) is 7.09. The lowest BCUT2D eigenvalue weighted by atomic mass is 10.2. The second-order valence-electron chi connectivity index (χ2n) is 4.78. The molecule has 2 rings (SSSR count). The number of nitrogens with zero attached hydrogens (tertiary/aromatic N) is 3. The number of aryl methyl sites for hydroxylation is 1. The third kappa shape index (κ3) is 3.59. The molecule has 0 aromatic carbocycles. The molecule has 0 saturated heterocycles. The molecule has 0 bridgehead atoms. The first-order chi connectivity index (χ1) is 10.1. The molecule has 0 spiro atoms. The molecule has 6 nitrogen and oxygen atoms in total. The van der Waals surface area contributed by atoms with Crippen LogP contribution in [0.5, 0.6) is 0 Å². The van der Waals surface area contributed by atoms with Gasteiger partial charge in [-0.1, -0.05) is 0 Å². The van der Waals surface area contributed by atoms with E-state index in [4.69, 9.17) is 0 Å². The number of amides is 1. The molecule has 6 heteroatoms. The summed E-state index contributed by atoms with van der Waals surface area (Å²) >= 11 is 0. The van der Waals surface area contributed by atoms with Gasteiger partial charge in [0, 0.05) is 43.4 Å². The van der Waals surface area contributed by atoms with Crippen LogP contribution in [0.25, 0.3) is 0 Å². The van der Waals surface area contributed by atoms with Crippen molar-refractivity contribution in [2.45, 2.75) is 27.3 Å². The second kappa shape index (κ2) is 6.88. The van der Waals surface area contributed by atoms with Gasteiger partial charge in [0.25, 0.3) is 5.91 Å². The highest BCUT2D eigenvalue weighted by Gasteiger charge is 2.14. The molecule has 0 unspecified atom stereocenters. The molecule has 2 N–H and O–H groups in total. The Morgan fingerprint density at radius 2 is 1.95 bits per heavy atom. The lowest BCUT2D eigenvalue weighted by molar-refractivity contribution is 0.0954. The van der Waals surface area contributed by atoms with E-state index in [1.54, 1.807) is 18.5 Å². The van der Waals surface area contributed by atoms with Crippen molar-refractivity contribution in [2.24, 2.45) is 0 Å². The predicted octanol–water partition coefficient (Wildman–Crippen LogP) is 1.76. The molecule has 2 aromatic heterocycles. The van der Waals surface area contributed by atoms with Gasteiger partial charge in [-0.2, -0.15) is 0 Å². The van der Waals surface area contributed by atoms with Gasteiger partial charge in [-0.05, 0) is 32.9 Å². The van der Waals surface area contributed by atoms with Crippen LogP contribution in [0.1, 0.15) is 28.7 Å². The Kier molecular flexibility index (Phi) is 4.92. The van der Waals surface area contributed by atoms with Gasteiger partial charge in [0.1, 0.15) is 0 Å². The smallest absolute Gasteiger partial charge is 0.253 e. The quantitative estimate of drug-likeness (QED) is 0.794. The number of anilines is 1. The Bertz CT molecular complexity index is 606. The molecule has 0 saturated carbocycles. The van der Waals surface area contributed by atoms with Crippen LogP contribution in [0.4, 0.5) is 5.95 Å². The van der Waals surface area contributed by atoms with Gasteiger partial charge in [0.05, 0.1) is 5.56 Å². The fraction of sp³-hybridized carbons (Fsp3) is 0.400. The van der Waals surface area contributed by atoms with E-state index in [0.717, 1.165) is 23.5 Å². The van der Waals surface area contributed by atoms with Crippen molar-refractivity contribution in [3.8, 4) is 0 Å². The van der Waals surface area contributed by atoms with E-state index < -0.39 is 0 Å². The Morgan fingerprint density at radius 1 is 1.24 bits per heavy atom. The standard InChI is InChI=1S/C15H21N5O/c1-4-20-11(2)10-13(12(20)3)14(21)16-8-9-19-15-17-6-5-7-18-15/h5-7,10H,4,8-9H2,1-3H3,(H,16,21)(H,17,18,19).